The molecular formula is C14H25NO2. The molecule has 2 aliphatic rings. The first kappa shape index (κ1) is 12.9. The second-order valence-corrected chi connectivity index (χ2v) is 6.21. The molecule has 2 rings (SSSR count). The Morgan fingerprint density at radius 3 is 2.24 bits per heavy atom. The molecule has 1 N–H and O–H groups in total. The molecule has 0 aromatic rings. The highest BCUT2D eigenvalue weighted by molar-refractivity contribution is 5.79. The highest BCUT2D eigenvalue weighted by Gasteiger charge is 2.48. The number of hydrogen-bond acceptors (Lipinski definition) is 2. The summed E-state index contributed by atoms with van der Waals surface area (Å²) in [5.41, 5.74) is -0.589. The number of carbonyl (C=O) groups is 1. The Morgan fingerprint density at radius 1 is 1.29 bits per heavy atom. The van der Waals surface area contributed by atoms with Gasteiger partial charge in [0.2, 0.25) is 0 Å². The molecule has 0 saturated heterocycles. The molecule has 0 heterocycles. The Labute approximate surface area is 104 Å². The molecule has 2 fully saturated rings. The van der Waals surface area contributed by atoms with Gasteiger partial charge < -0.3 is 5.11 Å². The molecule has 0 aliphatic heterocycles. The quantitative estimate of drug-likeness (QED) is 0.820. The second-order valence-electron chi connectivity index (χ2n) is 6.21. The maximum absolute atomic E-state index is 11.7. The molecule has 1 atom stereocenters. The van der Waals surface area contributed by atoms with E-state index < -0.39 is 11.5 Å². The number of carboxylic acid groups (broad SMARTS) is 1. The largest absolute Gasteiger partial charge is 0.480 e. The van der Waals surface area contributed by atoms with Crippen molar-refractivity contribution < 1.29 is 9.90 Å². The molecule has 1 unspecified atom stereocenters. The third-order valence-corrected chi connectivity index (χ3v) is 5.09. The zero-order chi connectivity index (χ0) is 12.6. The van der Waals surface area contributed by atoms with Crippen LogP contribution in [0.15, 0.2) is 0 Å². The third kappa shape index (κ3) is 2.35. The lowest BCUT2D eigenvalue weighted by molar-refractivity contribution is -0.155. The van der Waals surface area contributed by atoms with Crippen LogP contribution in [-0.4, -0.2) is 34.6 Å². The van der Waals surface area contributed by atoms with E-state index in [1.807, 2.05) is 7.05 Å². The first-order chi connectivity index (χ1) is 7.97. The summed E-state index contributed by atoms with van der Waals surface area (Å²) in [6, 6.07) is 0.416. The van der Waals surface area contributed by atoms with E-state index in [4.69, 9.17) is 0 Å². The van der Waals surface area contributed by atoms with Crippen molar-refractivity contribution in [3.05, 3.63) is 0 Å². The molecule has 2 aliphatic carbocycles. The van der Waals surface area contributed by atoms with Gasteiger partial charge in [0.15, 0.2) is 0 Å². The normalized spacial score (nSPS) is 35.9. The zero-order valence-electron chi connectivity index (χ0n) is 11.3. The number of hydrogen-bond donors (Lipinski definition) is 1. The van der Waals surface area contributed by atoms with Crippen molar-refractivity contribution in [2.45, 2.75) is 64.0 Å². The van der Waals surface area contributed by atoms with Crippen molar-refractivity contribution in [2.24, 2.45) is 11.8 Å². The summed E-state index contributed by atoms with van der Waals surface area (Å²) >= 11 is 0. The first-order valence-corrected chi connectivity index (χ1v) is 6.93. The predicted molar refractivity (Wildman–Crippen MR) is 67.9 cm³/mol. The molecule has 2 saturated carbocycles. The fraction of sp³-hybridized carbons (Fsp3) is 0.929. The van der Waals surface area contributed by atoms with Crippen LogP contribution in [0.1, 0.15) is 52.4 Å². The standard InChI is InChI=1S/C14H25NO2/c1-10-6-8-14(9-7-10,13(16)17)15(3)11(2)12-4-5-12/h10-12H,4-9H2,1-3H3,(H,16,17). The molecular weight excluding hydrogens is 214 g/mol. The summed E-state index contributed by atoms with van der Waals surface area (Å²) in [6.45, 7) is 4.43. The van der Waals surface area contributed by atoms with Crippen LogP contribution < -0.4 is 0 Å². The van der Waals surface area contributed by atoms with Crippen LogP contribution in [0.4, 0.5) is 0 Å². The van der Waals surface area contributed by atoms with Crippen LogP contribution >= 0.6 is 0 Å². The average molecular weight is 239 g/mol. The monoisotopic (exact) mass is 239 g/mol. The van der Waals surface area contributed by atoms with Gasteiger partial charge in [0.1, 0.15) is 5.54 Å². The van der Waals surface area contributed by atoms with Gasteiger partial charge in [-0.2, -0.15) is 0 Å². The lowest BCUT2D eigenvalue weighted by Crippen LogP contribution is -2.58. The number of likely N-dealkylation sites (N-methyl/N-ethyl adjacent to an activating group) is 1. The Bertz CT molecular complexity index is 291. The second kappa shape index (κ2) is 4.60. The summed E-state index contributed by atoms with van der Waals surface area (Å²) < 4.78 is 0. The van der Waals surface area contributed by atoms with Crippen LogP contribution in [0.25, 0.3) is 0 Å². The van der Waals surface area contributed by atoms with Crippen LogP contribution in [-0.2, 0) is 4.79 Å². The molecule has 0 radical (unpaired) electrons. The maximum atomic E-state index is 11.7. The van der Waals surface area contributed by atoms with Crippen LogP contribution in [0, 0.1) is 11.8 Å². The summed E-state index contributed by atoms with van der Waals surface area (Å²) in [4.78, 5) is 13.9. The van der Waals surface area contributed by atoms with Crippen LogP contribution in [0.2, 0.25) is 0 Å². The van der Waals surface area contributed by atoms with Crippen molar-refractivity contribution in [1.82, 2.24) is 4.90 Å². The van der Waals surface area contributed by atoms with E-state index in [0.29, 0.717) is 12.0 Å². The van der Waals surface area contributed by atoms with Gasteiger partial charge in [0.25, 0.3) is 0 Å². The van der Waals surface area contributed by atoms with Gasteiger partial charge in [-0.1, -0.05) is 6.92 Å². The fourth-order valence-electron chi connectivity index (χ4n) is 3.24. The van der Waals surface area contributed by atoms with Gasteiger partial charge >= 0.3 is 5.97 Å². The lowest BCUT2D eigenvalue weighted by Gasteiger charge is -2.45. The summed E-state index contributed by atoms with van der Waals surface area (Å²) in [5, 5.41) is 9.65. The van der Waals surface area contributed by atoms with Crippen molar-refractivity contribution in [3.8, 4) is 0 Å². The third-order valence-electron chi connectivity index (χ3n) is 5.09. The molecule has 3 nitrogen and oxygen atoms in total. The van der Waals surface area contributed by atoms with Gasteiger partial charge in [0, 0.05) is 6.04 Å². The van der Waals surface area contributed by atoms with E-state index in [1.54, 1.807) is 0 Å². The van der Waals surface area contributed by atoms with Crippen molar-refractivity contribution >= 4 is 5.97 Å². The molecule has 17 heavy (non-hydrogen) atoms. The Balaban J connectivity index is 2.12. The molecule has 0 bridgehead atoms. The van der Waals surface area contributed by atoms with Gasteiger partial charge in [-0.3, -0.25) is 9.69 Å². The Morgan fingerprint density at radius 2 is 1.82 bits per heavy atom. The topological polar surface area (TPSA) is 40.5 Å². The molecule has 0 amide bonds. The summed E-state index contributed by atoms with van der Waals surface area (Å²) in [5.74, 6) is 0.807. The molecule has 0 spiro atoms. The van der Waals surface area contributed by atoms with Crippen LogP contribution in [0.5, 0.6) is 0 Å². The van der Waals surface area contributed by atoms with Crippen molar-refractivity contribution in [3.63, 3.8) is 0 Å². The van der Waals surface area contributed by atoms with E-state index in [9.17, 15) is 9.90 Å². The molecule has 3 heteroatoms. The summed E-state index contributed by atoms with van der Waals surface area (Å²) in [7, 11) is 2.02. The minimum absolute atomic E-state index is 0.416. The SMILES string of the molecule is CC1CCC(C(=O)O)(N(C)C(C)C2CC2)CC1. The first-order valence-electron chi connectivity index (χ1n) is 6.93. The van der Waals surface area contributed by atoms with Crippen molar-refractivity contribution in [1.29, 1.82) is 0 Å². The van der Waals surface area contributed by atoms with E-state index in [2.05, 4.69) is 18.7 Å². The predicted octanol–water partition coefficient (Wildman–Crippen LogP) is 2.75. The van der Waals surface area contributed by atoms with E-state index in [1.165, 1.54) is 12.8 Å². The Hall–Kier alpha value is -0.570. The van der Waals surface area contributed by atoms with E-state index >= 15 is 0 Å². The highest BCUT2D eigenvalue weighted by atomic mass is 16.4. The lowest BCUT2D eigenvalue weighted by atomic mass is 9.75. The maximum Gasteiger partial charge on any atom is 0.324 e. The number of carboxylic acids is 1. The number of aliphatic carboxylic acids is 1. The van der Waals surface area contributed by atoms with E-state index in [0.717, 1.165) is 31.6 Å². The van der Waals surface area contributed by atoms with Gasteiger partial charge in [-0.25, -0.2) is 0 Å². The minimum Gasteiger partial charge on any atom is -0.480 e. The zero-order valence-corrected chi connectivity index (χ0v) is 11.3. The van der Waals surface area contributed by atoms with Crippen LogP contribution in [0.3, 0.4) is 0 Å². The van der Waals surface area contributed by atoms with Gasteiger partial charge in [-0.15, -0.1) is 0 Å². The minimum atomic E-state index is -0.612. The van der Waals surface area contributed by atoms with Gasteiger partial charge in [-0.05, 0) is 64.3 Å². The molecule has 0 aromatic carbocycles. The van der Waals surface area contributed by atoms with Gasteiger partial charge in [0.05, 0.1) is 0 Å². The highest BCUT2D eigenvalue weighted by Crippen LogP contribution is 2.42. The number of nitrogens with zero attached hydrogens (tertiary/aromatic N) is 1. The summed E-state index contributed by atoms with van der Waals surface area (Å²) in [6.07, 6.45) is 6.28. The Kier molecular flexibility index (Phi) is 3.48. The number of rotatable bonds is 4. The molecule has 0 aromatic heterocycles. The molecule has 98 valence electrons. The average Bonchev–Trinajstić information content (AvgIpc) is 3.12. The fourth-order valence-corrected chi connectivity index (χ4v) is 3.24. The van der Waals surface area contributed by atoms with E-state index in [-0.39, 0.29) is 0 Å². The van der Waals surface area contributed by atoms with Crippen molar-refractivity contribution in [2.75, 3.05) is 7.05 Å². The smallest absolute Gasteiger partial charge is 0.324 e.